The zero-order valence-corrected chi connectivity index (χ0v) is 12.2. The molecule has 0 spiro atoms. The molecule has 0 atom stereocenters. The number of carbonyl (C=O) groups is 1. The lowest BCUT2D eigenvalue weighted by atomic mass is 10.1. The molecule has 118 valence electrons. The van der Waals surface area contributed by atoms with Gasteiger partial charge in [0.25, 0.3) is 5.91 Å². The lowest BCUT2D eigenvalue weighted by molar-refractivity contribution is -0.141. The van der Waals surface area contributed by atoms with Gasteiger partial charge in [-0.2, -0.15) is 18.3 Å². The van der Waals surface area contributed by atoms with Crippen LogP contribution in [0.3, 0.4) is 0 Å². The number of nitrogens with one attached hydrogen (secondary N) is 1. The number of aromatic nitrogens is 2. The summed E-state index contributed by atoms with van der Waals surface area (Å²) < 4.78 is 38.4. The van der Waals surface area contributed by atoms with Crippen molar-refractivity contribution in [1.82, 2.24) is 15.1 Å². The molecule has 0 saturated heterocycles. The van der Waals surface area contributed by atoms with E-state index in [9.17, 15) is 18.0 Å². The minimum atomic E-state index is -4.45. The molecule has 1 aromatic heterocycles. The molecule has 1 heterocycles. The summed E-state index contributed by atoms with van der Waals surface area (Å²) in [5.74, 6) is -0.255. The smallest absolute Gasteiger partial charge is 0.350 e. The van der Waals surface area contributed by atoms with Crippen molar-refractivity contribution in [2.24, 2.45) is 0 Å². The highest BCUT2D eigenvalue weighted by Gasteiger charge is 2.33. The van der Waals surface area contributed by atoms with Crippen molar-refractivity contribution in [3.63, 3.8) is 0 Å². The molecule has 1 amide bonds. The molecule has 0 saturated carbocycles. The van der Waals surface area contributed by atoms with Gasteiger partial charge in [0.05, 0.1) is 6.54 Å². The van der Waals surface area contributed by atoms with E-state index in [1.165, 1.54) is 6.20 Å². The van der Waals surface area contributed by atoms with E-state index >= 15 is 0 Å². The van der Waals surface area contributed by atoms with Crippen LogP contribution in [0.15, 0.2) is 30.5 Å². The summed E-state index contributed by atoms with van der Waals surface area (Å²) in [7, 11) is 0. The summed E-state index contributed by atoms with van der Waals surface area (Å²) in [5.41, 5.74) is 1.56. The summed E-state index contributed by atoms with van der Waals surface area (Å²) in [4.78, 5) is 12.0. The Morgan fingerprint density at radius 1 is 1.23 bits per heavy atom. The Morgan fingerprint density at radius 2 is 1.86 bits per heavy atom. The number of halogens is 3. The van der Waals surface area contributed by atoms with Gasteiger partial charge in [-0.05, 0) is 32.0 Å². The molecule has 1 N–H and O–H groups in total. The van der Waals surface area contributed by atoms with E-state index in [-0.39, 0.29) is 19.0 Å². The van der Waals surface area contributed by atoms with Gasteiger partial charge in [0.1, 0.15) is 0 Å². The van der Waals surface area contributed by atoms with Crippen LogP contribution in [0.5, 0.6) is 0 Å². The maximum Gasteiger partial charge on any atom is 0.435 e. The molecule has 1 aromatic carbocycles. The second kappa shape index (κ2) is 6.21. The number of carbonyl (C=O) groups excluding carboxylic acids is 1. The highest BCUT2D eigenvalue weighted by Crippen LogP contribution is 2.27. The monoisotopic (exact) mass is 311 g/mol. The fourth-order valence-electron chi connectivity index (χ4n) is 2.13. The third-order valence-corrected chi connectivity index (χ3v) is 3.04. The normalized spacial score (nSPS) is 11.5. The number of hydrogen-bond acceptors (Lipinski definition) is 2. The van der Waals surface area contributed by atoms with Gasteiger partial charge in [-0.25, -0.2) is 0 Å². The van der Waals surface area contributed by atoms with E-state index in [4.69, 9.17) is 0 Å². The van der Waals surface area contributed by atoms with E-state index in [2.05, 4.69) is 10.4 Å². The van der Waals surface area contributed by atoms with Crippen LogP contribution in [0.1, 0.15) is 27.2 Å². The van der Waals surface area contributed by atoms with Gasteiger partial charge in [0, 0.05) is 18.3 Å². The maximum absolute atomic E-state index is 12.4. The van der Waals surface area contributed by atoms with Gasteiger partial charge in [0.2, 0.25) is 0 Å². The first-order valence-electron chi connectivity index (χ1n) is 6.73. The molecule has 0 unspecified atom stereocenters. The Hall–Kier alpha value is -2.31. The quantitative estimate of drug-likeness (QED) is 0.943. The number of hydrogen-bond donors (Lipinski definition) is 1. The fraction of sp³-hybridized carbons (Fsp3) is 0.333. The summed E-state index contributed by atoms with van der Waals surface area (Å²) in [6, 6.07) is 6.39. The number of benzene rings is 1. The first-order valence-corrected chi connectivity index (χ1v) is 6.73. The third-order valence-electron chi connectivity index (χ3n) is 3.04. The first kappa shape index (κ1) is 16.1. The van der Waals surface area contributed by atoms with Gasteiger partial charge < -0.3 is 5.32 Å². The maximum atomic E-state index is 12.4. The molecule has 22 heavy (non-hydrogen) atoms. The largest absolute Gasteiger partial charge is 0.435 e. The van der Waals surface area contributed by atoms with Crippen LogP contribution in [0.2, 0.25) is 0 Å². The van der Waals surface area contributed by atoms with Crippen LogP contribution < -0.4 is 5.32 Å². The van der Waals surface area contributed by atoms with Crippen molar-refractivity contribution in [1.29, 1.82) is 0 Å². The fourth-order valence-corrected chi connectivity index (χ4v) is 2.13. The van der Waals surface area contributed by atoms with E-state index in [1.54, 1.807) is 12.1 Å². The molecule has 0 aliphatic heterocycles. The Bertz CT molecular complexity index is 657. The second-order valence-electron chi connectivity index (χ2n) is 5.09. The van der Waals surface area contributed by atoms with Gasteiger partial charge in [-0.1, -0.05) is 17.2 Å². The summed E-state index contributed by atoms with van der Waals surface area (Å²) >= 11 is 0. The van der Waals surface area contributed by atoms with Gasteiger partial charge in [-0.15, -0.1) is 0 Å². The van der Waals surface area contributed by atoms with E-state index in [0.29, 0.717) is 5.56 Å². The van der Waals surface area contributed by atoms with Crippen LogP contribution in [0.25, 0.3) is 0 Å². The first-order chi connectivity index (χ1) is 10.3. The van der Waals surface area contributed by atoms with Gasteiger partial charge in [0.15, 0.2) is 5.69 Å². The Balaban J connectivity index is 1.90. The van der Waals surface area contributed by atoms with Crippen LogP contribution in [0, 0.1) is 13.8 Å². The zero-order chi connectivity index (χ0) is 16.3. The Morgan fingerprint density at radius 3 is 2.41 bits per heavy atom. The van der Waals surface area contributed by atoms with Crippen molar-refractivity contribution in [2.75, 3.05) is 6.54 Å². The minimum absolute atomic E-state index is 0.173. The number of aryl methyl sites for hydroxylation is 2. The minimum Gasteiger partial charge on any atom is -0.350 e. The Kier molecular flexibility index (Phi) is 4.54. The van der Waals surface area contributed by atoms with Crippen LogP contribution in [0.4, 0.5) is 13.2 Å². The third kappa shape index (κ3) is 4.09. The van der Waals surface area contributed by atoms with Crippen molar-refractivity contribution >= 4 is 5.91 Å². The van der Waals surface area contributed by atoms with Gasteiger partial charge >= 0.3 is 6.18 Å². The summed E-state index contributed by atoms with van der Waals surface area (Å²) in [6.07, 6.45) is -3.21. The topological polar surface area (TPSA) is 46.9 Å². The molecule has 2 rings (SSSR count). The van der Waals surface area contributed by atoms with E-state index in [0.717, 1.165) is 21.9 Å². The lowest BCUT2D eigenvalue weighted by Gasteiger charge is -2.07. The van der Waals surface area contributed by atoms with Crippen molar-refractivity contribution < 1.29 is 18.0 Å². The van der Waals surface area contributed by atoms with E-state index < -0.39 is 11.9 Å². The average Bonchev–Trinajstić information content (AvgIpc) is 2.86. The predicted octanol–water partition coefficient (Wildman–Crippen LogP) is 2.95. The molecule has 0 fully saturated rings. The van der Waals surface area contributed by atoms with Crippen LogP contribution >= 0.6 is 0 Å². The van der Waals surface area contributed by atoms with Crippen LogP contribution in [-0.2, 0) is 12.7 Å². The highest BCUT2D eigenvalue weighted by atomic mass is 19.4. The molecule has 4 nitrogen and oxygen atoms in total. The second-order valence-corrected chi connectivity index (χ2v) is 5.09. The molecule has 7 heteroatoms. The molecular formula is C15H16F3N3O. The van der Waals surface area contributed by atoms with Crippen molar-refractivity contribution in [3.8, 4) is 0 Å². The molecule has 2 aromatic rings. The molecule has 0 aliphatic carbocycles. The molecular weight excluding hydrogens is 295 g/mol. The zero-order valence-electron chi connectivity index (χ0n) is 12.2. The number of amides is 1. The summed E-state index contributed by atoms with van der Waals surface area (Å²) in [5, 5.41) is 6.09. The molecule has 0 radical (unpaired) electrons. The number of nitrogens with zero attached hydrogens (tertiary/aromatic N) is 2. The van der Waals surface area contributed by atoms with Crippen LogP contribution in [-0.4, -0.2) is 22.2 Å². The standard InChI is InChI=1S/C15H16F3N3O/c1-10-7-11(2)9-12(8-10)14(22)19-4-6-21-5-3-13(20-21)15(16,17)18/h3,5,7-9H,4,6H2,1-2H3,(H,19,22). The van der Waals surface area contributed by atoms with E-state index in [1.807, 2.05) is 19.9 Å². The highest BCUT2D eigenvalue weighted by molar-refractivity contribution is 5.94. The lowest BCUT2D eigenvalue weighted by Crippen LogP contribution is -2.27. The Labute approximate surface area is 125 Å². The SMILES string of the molecule is Cc1cc(C)cc(C(=O)NCCn2ccc(C(F)(F)F)n2)c1. The number of alkyl halides is 3. The van der Waals surface area contributed by atoms with Crippen molar-refractivity contribution in [3.05, 3.63) is 52.8 Å². The molecule has 0 bridgehead atoms. The molecule has 0 aliphatic rings. The van der Waals surface area contributed by atoms with Crippen molar-refractivity contribution in [2.45, 2.75) is 26.6 Å². The average molecular weight is 311 g/mol. The summed E-state index contributed by atoms with van der Waals surface area (Å²) in [6.45, 7) is 4.16. The number of rotatable bonds is 4. The predicted molar refractivity (Wildman–Crippen MR) is 75.5 cm³/mol. The van der Waals surface area contributed by atoms with Gasteiger partial charge in [-0.3, -0.25) is 9.48 Å².